The minimum absolute atomic E-state index is 0.363. The maximum atomic E-state index is 2.44. The molecule has 3 aliphatic rings. The predicted molar refractivity (Wildman–Crippen MR) is 152 cm³/mol. The second-order valence-electron chi connectivity index (χ2n) is 10.8. The van der Waals surface area contributed by atoms with Gasteiger partial charge in [-0.25, -0.2) is 0 Å². The smallest absolute Gasteiger partial charge is 0.0619 e. The molecular weight excluding hydrogens is 444 g/mol. The van der Waals surface area contributed by atoms with Gasteiger partial charge in [0.15, 0.2) is 0 Å². The van der Waals surface area contributed by atoms with E-state index in [1.165, 1.54) is 72.0 Å². The third kappa shape index (κ3) is 1.93. The van der Waals surface area contributed by atoms with Gasteiger partial charge in [-0.2, -0.15) is 0 Å². The summed E-state index contributed by atoms with van der Waals surface area (Å²) >= 11 is 0. The number of fused-ring (bicyclic) bond motifs is 6. The monoisotopic (exact) mass is 468 g/mol. The Bertz CT molecular complexity index is 1760. The molecule has 0 aliphatic heterocycles. The fourth-order valence-corrected chi connectivity index (χ4v) is 8.44. The van der Waals surface area contributed by atoms with Gasteiger partial charge in [0.2, 0.25) is 0 Å². The summed E-state index contributed by atoms with van der Waals surface area (Å²) in [7, 11) is 0. The molecule has 0 spiro atoms. The fourth-order valence-electron chi connectivity index (χ4n) is 8.44. The second-order valence-corrected chi connectivity index (χ2v) is 10.8. The number of rotatable bonds is 0. The van der Waals surface area contributed by atoms with E-state index in [1.807, 2.05) is 0 Å². The Hall–Kier alpha value is -4.42. The second kappa shape index (κ2) is 6.47. The lowest BCUT2D eigenvalue weighted by atomic mass is 9.43. The third-order valence-corrected chi connectivity index (χ3v) is 9.53. The molecule has 172 valence electrons. The zero-order valence-electron chi connectivity index (χ0n) is 20.6. The third-order valence-electron chi connectivity index (χ3n) is 9.53. The maximum Gasteiger partial charge on any atom is 0.0648 e. The van der Waals surface area contributed by atoms with Crippen molar-refractivity contribution in [2.75, 3.05) is 0 Å². The summed E-state index contributed by atoms with van der Waals surface area (Å²) in [4.78, 5) is 0. The first-order chi connectivity index (χ1) is 18.3. The van der Waals surface area contributed by atoms with Gasteiger partial charge >= 0.3 is 0 Å². The molecular formula is C37H24. The van der Waals surface area contributed by atoms with E-state index in [4.69, 9.17) is 0 Å². The molecule has 0 saturated heterocycles. The molecule has 0 N–H and O–H groups in total. The quantitative estimate of drug-likeness (QED) is 0.209. The van der Waals surface area contributed by atoms with E-state index in [-0.39, 0.29) is 10.8 Å². The van der Waals surface area contributed by atoms with Gasteiger partial charge in [0, 0.05) is 0 Å². The Morgan fingerprint density at radius 1 is 0.351 bits per heavy atom. The van der Waals surface area contributed by atoms with Crippen LogP contribution >= 0.6 is 0 Å². The van der Waals surface area contributed by atoms with Gasteiger partial charge < -0.3 is 0 Å². The van der Waals surface area contributed by atoms with Crippen molar-refractivity contribution in [2.45, 2.75) is 17.8 Å². The molecule has 0 atom stereocenters. The van der Waals surface area contributed by atoms with Crippen LogP contribution in [0.5, 0.6) is 0 Å². The number of hydrogen-bond donors (Lipinski definition) is 0. The van der Waals surface area contributed by atoms with E-state index in [0.717, 1.165) is 0 Å². The van der Waals surface area contributed by atoms with E-state index >= 15 is 0 Å². The number of aryl methyl sites for hydroxylation is 1. The van der Waals surface area contributed by atoms with Crippen LogP contribution in [-0.2, 0) is 10.8 Å². The van der Waals surface area contributed by atoms with E-state index in [0.29, 0.717) is 0 Å². The van der Waals surface area contributed by atoms with Crippen LogP contribution in [0.3, 0.4) is 0 Å². The normalized spacial score (nSPS) is 21.3. The molecule has 0 heterocycles. The zero-order valence-corrected chi connectivity index (χ0v) is 20.6. The van der Waals surface area contributed by atoms with Gasteiger partial charge in [0.25, 0.3) is 0 Å². The molecule has 0 amide bonds. The van der Waals surface area contributed by atoms with Crippen LogP contribution in [0.4, 0.5) is 0 Å². The summed E-state index contributed by atoms with van der Waals surface area (Å²) in [5, 5.41) is 2.80. The number of hydrogen-bond acceptors (Lipinski definition) is 0. The highest BCUT2D eigenvalue weighted by molar-refractivity contribution is 6.05. The highest BCUT2D eigenvalue weighted by Gasteiger charge is 2.67. The Morgan fingerprint density at radius 3 is 1.19 bits per heavy atom. The summed E-state index contributed by atoms with van der Waals surface area (Å²) in [6.45, 7) is 2.26. The molecule has 0 heteroatoms. The number of benzene rings is 6. The van der Waals surface area contributed by atoms with Crippen molar-refractivity contribution < 1.29 is 0 Å². The average molecular weight is 469 g/mol. The van der Waals surface area contributed by atoms with Gasteiger partial charge in [-0.1, -0.05) is 127 Å². The van der Waals surface area contributed by atoms with Gasteiger partial charge in [0.1, 0.15) is 0 Å². The highest BCUT2D eigenvalue weighted by Crippen LogP contribution is 2.73. The van der Waals surface area contributed by atoms with Crippen LogP contribution in [0.15, 0.2) is 127 Å². The van der Waals surface area contributed by atoms with Crippen molar-refractivity contribution in [1.29, 1.82) is 0 Å². The summed E-state index contributed by atoms with van der Waals surface area (Å²) < 4.78 is 0. The maximum absolute atomic E-state index is 2.44. The van der Waals surface area contributed by atoms with Gasteiger partial charge in [-0.3, -0.25) is 0 Å². The summed E-state index contributed by atoms with van der Waals surface area (Å²) in [5.41, 5.74) is 14.6. The SMILES string of the molecule is Cc1ccc2c3c(cccc13)C13c4ccccc4-c4ccccc4C21c1ccccc1-c1ccccc13. The van der Waals surface area contributed by atoms with Crippen molar-refractivity contribution in [3.63, 3.8) is 0 Å². The minimum Gasteiger partial charge on any atom is -0.0619 e. The van der Waals surface area contributed by atoms with Crippen molar-refractivity contribution in [2.24, 2.45) is 0 Å². The van der Waals surface area contributed by atoms with E-state index in [9.17, 15) is 0 Å². The average Bonchev–Trinajstić information content (AvgIpc) is 3.25. The van der Waals surface area contributed by atoms with Crippen LogP contribution in [0.25, 0.3) is 33.0 Å². The van der Waals surface area contributed by atoms with E-state index < -0.39 is 0 Å². The Balaban J connectivity index is 1.68. The Labute approximate surface area is 216 Å². The highest BCUT2D eigenvalue weighted by atomic mass is 14.7. The minimum atomic E-state index is -0.363. The van der Waals surface area contributed by atoms with Crippen LogP contribution in [-0.4, -0.2) is 0 Å². The molecule has 3 aliphatic carbocycles. The lowest BCUT2D eigenvalue weighted by molar-refractivity contribution is 0.432. The molecule has 0 bridgehead atoms. The first-order valence-corrected chi connectivity index (χ1v) is 13.2. The molecule has 37 heavy (non-hydrogen) atoms. The lowest BCUT2D eigenvalue weighted by Crippen LogP contribution is -2.54. The first-order valence-electron chi connectivity index (χ1n) is 13.2. The van der Waals surface area contributed by atoms with Crippen LogP contribution in [0.1, 0.15) is 38.9 Å². The molecule has 0 fully saturated rings. The first kappa shape index (κ1) is 19.7. The van der Waals surface area contributed by atoms with Gasteiger partial charge in [-0.15, -0.1) is 0 Å². The molecule has 0 nitrogen and oxygen atoms in total. The molecule has 0 unspecified atom stereocenters. The standard InChI is InChI=1S/C37H24/c1-23-21-22-34-35-24(23)15-10-20-33(35)36-29-16-6-2-11-25(29)27-13-4-8-18-31(27)37(34,36)32-19-9-5-14-28(32)26-12-3-7-17-30(26)36/h2-22H,1H3. The van der Waals surface area contributed by atoms with Crippen molar-refractivity contribution in [1.82, 2.24) is 0 Å². The lowest BCUT2D eigenvalue weighted by Gasteiger charge is -2.56. The molecule has 0 saturated carbocycles. The zero-order chi connectivity index (χ0) is 24.4. The van der Waals surface area contributed by atoms with E-state index in [1.54, 1.807) is 0 Å². The largest absolute Gasteiger partial charge is 0.0648 e. The van der Waals surface area contributed by atoms with E-state index in [2.05, 4.69) is 134 Å². The van der Waals surface area contributed by atoms with Crippen LogP contribution < -0.4 is 0 Å². The molecule has 0 aromatic heterocycles. The van der Waals surface area contributed by atoms with Gasteiger partial charge in [-0.05, 0) is 78.9 Å². The topological polar surface area (TPSA) is 0 Å². The molecule has 6 aromatic carbocycles. The molecule has 9 rings (SSSR count). The van der Waals surface area contributed by atoms with Crippen molar-refractivity contribution in [3.05, 3.63) is 166 Å². The predicted octanol–water partition coefficient (Wildman–Crippen LogP) is 8.79. The Kier molecular flexibility index (Phi) is 3.45. The summed E-state index contributed by atoms with van der Waals surface area (Å²) in [6.07, 6.45) is 0. The summed E-state index contributed by atoms with van der Waals surface area (Å²) in [6, 6.07) is 48.6. The Morgan fingerprint density at radius 2 is 0.730 bits per heavy atom. The van der Waals surface area contributed by atoms with Crippen LogP contribution in [0.2, 0.25) is 0 Å². The molecule has 0 radical (unpaired) electrons. The van der Waals surface area contributed by atoms with Gasteiger partial charge in [0.05, 0.1) is 10.8 Å². The van der Waals surface area contributed by atoms with Crippen LogP contribution in [0, 0.1) is 6.92 Å². The van der Waals surface area contributed by atoms with Crippen molar-refractivity contribution in [3.8, 4) is 22.3 Å². The summed E-state index contributed by atoms with van der Waals surface area (Å²) in [5.74, 6) is 0. The van der Waals surface area contributed by atoms with Crippen molar-refractivity contribution >= 4 is 10.8 Å². The fraction of sp³-hybridized carbons (Fsp3) is 0.0811. The molecule has 6 aromatic rings.